The molecule has 90 valence electrons. The van der Waals surface area contributed by atoms with Gasteiger partial charge in [-0.2, -0.15) is 0 Å². The minimum Gasteiger partial charge on any atom is -0.490 e. The molecule has 0 amide bonds. The third-order valence-corrected chi connectivity index (χ3v) is 2.26. The second kappa shape index (κ2) is 6.45. The summed E-state index contributed by atoms with van der Waals surface area (Å²) in [5.74, 6) is -0.0449. The van der Waals surface area contributed by atoms with Crippen molar-refractivity contribution < 1.29 is 9.13 Å². The highest BCUT2D eigenvalue weighted by molar-refractivity contribution is 5.34. The molecule has 0 aliphatic carbocycles. The zero-order valence-electron chi connectivity index (χ0n) is 9.87. The first kappa shape index (κ1) is 12.9. The lowest BCUT2D eigenvalue weighted by Crippen LogP contribution is -2.16. The Labute approximate surface area is 96.0 Å². The number of rotatable bonds is 6. The third-order valence-electron chi connectivity index (χ3n) is 2.26. The fraction of sp³-hybridized carbons (Fsp3) is 0.500. The normalized spacial score (nSPS) is 10.8. The summed E-state index contributed by atoms with van der Waals surface area (Å²) in [5, 5.41) is 0. The zero-order chi connectivity index (χ0) is 12.0. The number of para-hydroxylation sites is 1. The molecule has 2 N–H and O–H groups in total. The van der Waals surface area contributed by atoms with Crippen LogP contribution in [-0.2, 0) is 6.54 Å². The minimum absolute atomic E-state index is 0.292. The number of ether oxygens (including phenoxy) is 1. The number of hydrogen-bond donors (Lipinski definition) is 1. The zero-order valence-corrected chi connectivity index (χ0v) is 9.87. The first-order valence-electron chi connectivity index (χ1n) is 5.40. The predicted octanol–water partition coefficient (Wildman–Crippen LogP) is 1.61. The number of nitrogens with two attached hydrogens (primary N) is 1. The van der Waals surface area contributed by atoms with Gasteiger partial charge in [0.25, 0.3) is 0 Å². The van der Waals surface area contributed by atoms with E-state index in [1.807, 2.05) is 14.1 Å². The van der Waals surface area contributed by atoms with Crippen LogP contribution in [0.3, 0.4) is 0 Å². The number of hydrogen-bond acceptors (Lipinski definition) is 3. The van der Waals surface area contributed by atoms with Gasteiger partial charge in [0.15, 0.2) is 11.6 Å². The van der Waals surface area contributed by atoms with Gasteiger partial charge in [0, 0.05) is 18.7 Å². The maximum Gasteiger partial charge on any atom is 0.165 e. The molecule has 0 aliphatic rings. The molecule has 0 saturated carbocycles. The van der Waals surface area contributed by atoms with Crippen molar-refractivity contribution in [2.75, 3.05) is 27.2 Å². The quantitative estimate of drug-likeness (QED) is 0.749. The van der Waals surface area contributed by atoms with Crippen molar-refractivity contribution >= 4 is 0 Å². The lowest BCUT2D eigenvalue weighted by atomic mass is 10.2. The predicted molar refractivity (Wildman–Crippen MR) is 63.0 cm³/mol. The van der Waals surface area contributed by atoms with Gasteiger partial charge in [-0.05, 0) is 26.6 Å². The summed E-state index contributed by atoms with van der Waals surface area (Å²) >= 11 is 0. The Morgan fingerprint density at radius 2 is 2.12 bits per heavy atom. The Kier molecular flexibility index (Phi) is 5.22. The van der Waals surface area contributed by atoms with Crippen LogP contribution >= 0.6 is 0 Å². The molecule has 1 aromatic carbocycles. The molecular weight excluding hydrogens is 207 g/mol. The monoisotopic (exact) mass is 226 g/mol. The second-order valence-corrected chi connectivity index (χ2v) is 3.94. The largest absolute Gasteiger partial charge is 0.490 e. The van der Waals surface area contributed by atoms with Gasteiger partial charge in [-0.15, -0.1) is 0 Å². The molecule has 0 unspecified atom stereocenters. The fourth-order valence-electron chi connectivity index (χ4n) is 1.43. The highest BCUT2D eigenvalue weighted by atomic mass is 19.1. The molecule has 0 radical (unpaired) electrons. The average Bonchev–Trinajstić information content (AvgIpc) is 2.25. The SMILES string of the molecule is CN(C)CCCOc1c(F)cccc1CN. The highest BCUT2D eigenvalue weighted by Crippen LogP contribution is 2.22. The van der Waals surface area contributed by atoms with E-state index in [-0.39, 0.29) is 5.82 Å². The maximum atomic E-state index is 13.4. The van der Waals surface area contributed by atoms with Crippen molar-refractivity contribution in [1.82, 2.24) is 4.90 Å². The summed E-state index contributed by atoms with van der Waals surface area (Å²) in [6.07, 6.45) is 0.866. The summed E-state index contributed by atoms with van der Waals surface area (Å²) in [5.41, 5.74) is 6.23. The smallest absolute Gasteiger partial charge is 0.165 e. The molecule has 4 heteroatoms. The van der Waals surface area contributed by atoms with Crippen LogP contribution in [0.1, 0.15) is 12.0 Å². The van der Waals surface area contributed by atoms with E-state index < -0.39 is 0 Å². The lowest BCUT2D eigenvalue weighted by Gasteiger charge is -2.13. The van der Waals surface area contributed by atoms with E-state index in [0.29, 0.717) is 24.5 Å². The van der Waals surface area contributed by atoms with Gasteiger partial charge in [-0.1, -0.05) is 12.1 Å². The van der Waals surface area contributed by atoms with Crippen LogP contribution < -0.4 is 10.5 Å². The van der Waals surface area contributed by atoms with Crippen LogP contribution in [0.25, 0.3) is 0 Å². The molecule has 0 atom stereocenters. The molecule has 0 aliphatic heterocycles. The van der Waals surface area contributed by atoms with Gasteiger partial charge in [-0.3, -0.25) is 0 Å². The highest BCUT2D eigenvalue weighted by Gasteiger charge is 2.08. The Bertz CT molecular complexity index is 329. The van der Waals surface area contributed by atoms with Crippen molar-refractivity contribution in [2.24, 2.45) is 5.73 Å². The number of nitrogens with zero attached hydrogens (tertiary/aromatic N) is 1. The fourth-order valence-corrected chi connectivity index (χ4v) is 1.43. The van der Waals surface area contributed by atoms with Gasteiger partial charge in [0.1, 0.15) is 0 Å². The molecule has 1 rings (SSSR count). The van der Waals surface area contributed by atoms with E-state index in [9.17, 15) is 4.39 Å². The van der Waals surface area contributed by atoms with Crippen molar-refractivity contribution in [1.29, 1.82) is 0 Å². The van der Waals surface area contributed by atoms with Crippen LogP contribution in [0.15, 0.2) is 18.2 Å². The van der Waals surface area contributed by atoms with Gasteiger partial charge >= 0.3 is 0 Å². The van der Waals surface area contributed by atoms with E-state index in [2.05, 4.69) is 4.90 Å². The van der Waals surface area contributed by atoms with Crippen molar-refractivity contribution in [3.63, 3.8) is 0 Å². The third kappa shape index (κ3) is 3.79. The first-order chi connectivity index (χ1) is 7.65. The molecule has 0 spiro atoms. The van der Waals surface area contributed by atoms with Crippen LogP contribution in [-0.4, -0.2) is 32.1 Å². The standard InChI is InChI=1S/C12H19FN2O/c1-15(2)7-4-8-16-12-10(9-14)5-3-6-11(12)13/h3,5-6H,4,7-9,14H2,1-2H3. The summed E-state index contributed by atoms with van der Waals surface area (Å²) in [6, 6.07) is 4.81. The van der Waals surface area contributed by atoms with Gasteiger partial charge in [0.2, 0.25) is 0 Å². The minimum atomic E-state index is -0.340. The number of halogens is 1. The summed E-state index contributed by atoms with van der Waals surface area (Å²) in [7, 11) is 3.99. The molecule has 1 aromatic rings. The Morgan fingerprint density at radius 1 is 1.38 bits per heavy atom. The molecular formula is C12H19FN2O. The molecule has 16 heavy (non-hydrogen) atoms. The van der Waals surface area contributed by atoms with Crippen LogP contribution in [0.5, 0.6) is 5.75 Å². The molecule has 3 nitrogen and oxygen atoms in total. The van der Waals surface area contributed by atoms with Gasteiger partial charge < -0.3 is 15.4 Å². The average molecular weight is 226 g/mol. The summed E-state index contributed by atoms with van der Waals surface area (Å²) < 4.78 is 18.9. The molecule has 0 heterocycles. The van der Waals surface area contributed by atoms with E-state index >= 15 is 0 Å². The van der Waals surface area contributed by atoms with Crippen LogP contribution in [0, 0.1) is 5.82 Å². The number of benzene rings is 1. The van der Waals surface area contributed by atoms with E-state index in [4.69, 9.17) is 10.5 Å². The second-order valence-electron chi connectivity index (χ2n) is 3.94. The van der Waals surface area contributed by atoms with E-state index in [1.165, 1.54) is 6.07 Å². The van der Waals surface area contributed by atoms with E-state index in [0.717, 1.165) is 13.0 Å². The van der Waals surface area contributed by atoms with E-state index in [1.54, 1.807) is 12.1 Å². The Hall–Kier alpha value is -1.13. The van der Waals surface area contributed by atoms with Crippen LogP contribution in [0.2, 0.25) is 0 Å². The lowest BCUT2D eigenvalue weighted by molar-refractivity contribution is 0.269. The molecule has 0 bridgehead atoms. The first-order valence-corrected chi connectivity index (χ1v) is 5.40. The molecule has 0 saturated heterocycles. The van der Waals surface area contributed by atoms with Crippen LogP contribution in [0.4, 0.5) is 4.39 Å². The summed E-state index contributed by atoms with van der Waals surface area (Å²) in [6.45, 7) is 1.72. The van der Waals surface area contributed by atoms with Gasteiger partial charge in [0.05, 0.1) is 6.61 Å². The maximum absolute atomic E-state index is 13.4. The Morgan fingerprint density at radius 3 is 2.75 bits per heavy atom. The Balaban J connectivity index is 2.52. The van der Waals surface area contributed by atoms with Crippen molar-refractivity contribution in [3.8, 4) is 5.75 Å². The van der Waals surface area contributed by atoms with Crippen molar-refractivity contribution in [3.05, 3.63) is 29.6 Å². The topological polar surface area (TPSA) is 38.5 Å². The summed E-state index contributed by atoms with van der Waals surface area (Å²) in [4.78, 5) is 2.06. The van der Waals surface area contributed by atoms with Crippen molar-refractivity contribution in [2.45, 2.75) is 13.0 Å². The molecule has 0 fully saturated rings. The van der Waals surface area contributed by atoms with Gasteiger partial charge in [-0.25, -0.2) is 4.39 Å². The molecule has 0 aromatic heterocycles.